The molecule has 0 unspecified atom stereocenters. The van der Waals surface area contributed by atoms with Gasteiger partial charge in [0.25, 0.3) is 0 Å². The highest BCUT2D eigenvalue weighted by Gasteiger charge is 2.21. The van der Waals surface area contributed by atoms with E-state index in [-0.39, 0.29) is 0 Å². The number of para-hydroxylation sites is 1. The maximum atomic E-state index is 5.73. The van der Waals surface area contributed by atoms with Crippen molar-refractivity contribution in [3.63, 3.8) is 0 Å². The minimum absolute atomic E-state index is 0.879. The quantitative estimate of drug-likeness (QED) is 0.339. The van der Waals surface area contributed by atoms with Crippen LogP contribution < -0.4 is 4.90 Å². The van der Waals surface area contributed by atoms with Crippen LogP contribution in [-0.2, 0) is 0 Å². The number of allylic oxidation sites excluding steroid dienone is 1. The van der Waals surface area contributed by atoms with E-state index in [4.69, 9.17) is 12.2 Å². The van der Waals surface area contributed by atoms with Crippen LogP contribution in [0, 0.1) is 0 Å². The van der Waals surface area contributed by atoms with Crippen LogP contribution in [0.4, 0.5) is 5.69 Å². The number of hydrogen-bond acceptors (Lipinski definition) is 3. The first-order valence-electron chi connectivity index (χ1n) is 7.48. The first kappa shape index (κ1) is 14.5. The average Bonchev–Trinajstić information content (AvgIpc) is 2.90. The molecule has 0 spiro atoms. The van der Waals surface area contributed by atoms with Crippen LogP contribution in [0.15, 0.2) is 82.7 Å². The Hall–Kier alpha value is -2.10. The fourth-order valence-electron chi connectivity index (χ4n) is 2.88. The molecule has 0 radical (unpaired) electrons. The maximum Gasteiger partial charge on any atom is 0.0813 e. The fourth-order valence-corrected chi connectivity index (χ4v) is 4.33. The van der Waals surface area contributed by atoms with Crippen molar-refractivity contribution >= 4 is 45.3 Å². The van der Waals surface area contributed by atoms with E-state index in [1.165, 1.54) is 26.4 Å². The summed E-state index contributed by atoms with van der Waals surface area (Å²) in [5, 5.41) is 3.60. The van der Waals surface area contributed by atoms with E-state index in [0.717, 1.165) is 10.4 Å². The Labute approximate surface area is 145 Å². The predicted molar refractivity (Wildman–Crippen MR) is 104 cm³/mol. The van der Waals surface area contributed by atoms with Gasteiger partial charge < -0.3 is 4.90 Å². The Morgan fingerprint density at radius 1 is 0.957 bits per heavy atom. The minimum atomic E-state index is 0.879. The Kier molecular flexibility index (Phi) is 3.68. The molecule has 112 valence electrons. The van der Waals surface area contributed by atoms with Gasteiger partial charge in [0.05, 0.1) is 10.7 Å². The Morgan fingerprint density at radius 2 is 1.70 bits per heavy atom. The van der Waals surface area contributed by atoms with Crippen LogP contribution in [0.1, 0.15) is 5.56 Å². The summed E-state index contributed by atoms with van der Waals surface area (Å²) in [6.07, 6.45) is 2.11. The Morgan fingerprint density at radius 3 is 2.57 bits per heavy atom. The van der Waals surface area contributed by atoms with Gasteiger partial charge in [0.1, 0.15) is 0 Å². The highest BCUT2D eigenvalue weighted by atomic mass is 32.2. The van der Waals surface area contributed by atoms with Gasteiger partial charge in [0, 0.05) is 22.4 Å². The number of thioether (sulfide) groups is 1. The van der Waals surface area contributed by atoms with Crippen molar-refractivity contribution in [2.24, 2.45) is 0 Å². The van der Waals surface area contributed by atoms with Crippen molar-refractivity contribution in [3.8, 4) is 0 Å². The van der Waals surface area contributed by atoms with Crippen molar-refractivity contribution in [1.82, 2.24) is 0 Å². The van der Waals surface area contributed by atoms with Crippen molar-refractivity contribution in [2.75, 3.05) is 11.9 Å². The number of fused-ring (bicyclic) bond motifs is 2. The highest BCUT2D eigenvalue weighted by molar-refractivity contribution is 8.03. The van der Waals surface area contributed by atoms with Crippen LogP contribution in [0.2, 0.25) is 0 Å². The van der Waals surface area contributed by atoms with Crippen molar-refractivity contribution in [2.45, 2.75) is 4.90 Å². The van der Waals surface area contributed by atoms with E-state index < -0.39 is 0 Å². The van der Waals surface area contributed by atoms with E-state index in [1.54, 1.807) is 11.8 Å². The number of hydrogen-bond donors (Lipinski definition) is 0. The van der Waals surface area contributed by atoms with Crippen LogP contribution in [-0.4, -0.2) is 11.9 Å². The molecule has 0 saturated heterocycles. The molecule has 1 nitrogen and oxygen atoms in total. The molecule has 23 heavy (non-hydrogen) atoms. The van der Waals surface area contributed by atoms with E-state index in [9.17, 15) is 0 Å². The van der Waals surface area contributed by atoms with Gasteiger partial charge in [0.15, 0.2) is 0 Å². The summed E-state index contributed by atoms with van der Waals surface area (Å²) in [6.45, 7) is 0. The first-order chi connectivity index (χ1) is 11.2. The van der Waals surface area contributed by atoms with Gasteiger partial charge in [-0.05, 0) is 29.0 Å². The lowest BCUT2D eigenvalue weighted by Crippen LogP contribution is -2.11. The topological polar surface area (TPSA) is 3.24 Å². The van der Waals surface area contributed by atoms with E-state index >= 15 is 0 Å². The van der Waals surface area contributed by atoms with Crippen LogP contribution in [0.5, 0.6) is 0 Å². The smallest absolute Gasteiger partial charge is 0.0813 e. The Bertz CT molecular complexity index is 938. The number of benzene rings is 3. The standard InChI is InChI=1S/C20H15NS2/c1-21-17-11-4-5-12-19(17)23-20(21)13-18(22)16-10-6-8-14-7-2-3-9-15(14)16/h2-13H,1H3/b20-13-. The van der Waals surface area contributed by atoms with Gasteiger partial charge in [-0.15, -0.1) is 0 Å². The van der Waals surface area contributed by atoms with Gasteiger partial charge >= 0.3 is 0 Å². The fraction of sp³-hybridized carbons (Fsp3) is 0.0500. The normalized spacial score (nSPS) is 15.2. The summed E-state index contributed by atoms with van der Waals surface area (Å²) in [7, 11) is 2.09. The number of thiocarbonyl (C=S) groups is 1. The second kappa shape index (κ2) is 5.84. The maximum absolute atomic E-state index is 5.73. The molecule has 3 heteroatoms. The summed E-state index contributed by atoms with van der Waals surface area (Å²) in [4.78, 5) is 4.36. The van der Waals surface area contributed by atoms with Crippen LogP contribution >= 0.6 is 24.0 Å². The summed E-state index contributed by atoms with van der Waals surface area (Å²) in [5.41, 5.74) is 2.36. The summed E-state index contributed by atoms with van der Waals surface area (Å²) < 4.78 is 0. The number of nitrogens with zero attached hydrogens (tertiary/aromatic N) is 1. The SMILES string of the molecule is CN1/C(=C/C(=S)c2cccc3ccccc23)Sc2ccccc21. The second-order valence-electron chi connectivity index (χ2n) is 5.50. The third-order valence-corrected chi connectivity index (χ3v) is 5.59. The molecular formula is C20H15NS2. The van der Waals surface area contributed by atoms with E-state index in [1.807, 2.05) is 0 Å². The van der Waals surface area contributed by atoms with Crippen molar-refractivity contribution in [3.05, 3.63) is 83.4 Å². The molecule has 0 atom stereocenters. The molecule has 0 N–H and O–H groups in total. The monoisotopic (exact) mass is 333 g/mol. The van der Waals surface area contributed by atoms with E-state index in [0.29, 0.717) is 0 Å². The third kappa shape index (κ3) is 2.56. The molecule has 0 saturated carbocycles. The molecule has 0 bridgehead atoms. The zero-order valence-electron chi connectivity index (χ0n) is 12.7. The predicted octanol–water partition coefficient (Wildman–Crippen LogP) is 5.64. The molecular weight excluding hydrogens is 318 g/mol. The molecule has 0 aliphatic carbocycles. The average molecular weight is 333 g/mol. The lowest BCUT2D eigenvalue weighted by Gasteiger charge is -2.14. The Balaban J connectivity index is 1.73. The lowest BCUT2D eigenvalue weighted by molar-refractivity contribution is 1.18. The van der Waals surface area contributed by atoms with E-state index in [2.05, 4.69) is 84.8 Å². The van der Waals surface area contributed by atoms with Gasteiger partial charge in [0.2, 0.25) is 0 Å². The van der Waals surface area contributed by atoms with Crippen LogP contribution in [0.25, 0.3) is 10.8 Å². The van der Waals surface area contributed by atoms with Crippen LogP contribution in [0.3, 0.4) is 0 Å². The molecule has 0 fully saturated rings. The lowest BCUT2D eigenvalue weighted by atomic mass is 10.0. The summed E-state index contributed by atoms with van der Waals surface area (Å²) >= 11 is 7.50. The summed E-state index contributed by atoms with van der Waals surface area (Å²) in [6, 6.07) is 23.1. The molecule has 3 aromatic rings. The number of anilines is 1. The second-order valence-corrected chi connectivity index (χ2v) is 7.00. The van der Waals surface area contributed by atoms with Gasteiger partial charge in [-0.3, -0.25) is 0 Å². The molecule has 3 aromatic carbocycles. The third-order valence-electron chi connectivity index (χ3n) is 4.08. The molecule has 1 aliphatic rings. The minimum Gasteiger partial charge on any atom is -0.338 e. The molecule has 4 rings (SSSR count). The highest BCUT2D eigenvalue weighted by Crippen LogP contribution is 2.44. The molecule has 0 aromatic heterocycles. The summed E-state index contributed by atoms with van der Waals surface area (Å²) in [5.74, 6) is 0. The van der Waals surface area contributed by atoms with Crippen molar-refractivity contribution in [1.29, 1.82) is 0 Å². The van der Waals surface area contributed by atoms with Gasteiger partial charge in [-0.2, -0.15) is 0 Å². The van der Waals surface area contributed by atoms with Gasteiger partial charge in [-0.1, -0.05) is 78.6 Å². The molecule has 0 amide bonds. The van der Waals surface area contributed by atoms with Gasteiger partial charge in [-0.25, -0.2) is 0 Å². The largest absolute Gasteiger partial charge is 0.338 e. The van der Waals surface area contributed by atoms with Crippen molar-refractivity contribution < 1.29 is 0 Å². The zero-order chi connectivity index (χ0) is 15.8. The molecule has 1 heterocycles. The number of rotatable bonds is 2. The molecule has 1 aliphatic heterocycles. The zero-order valence-corrected chi connectivity index (χ0v) is 14.3. The first-order valence-corrected chi connectivity index (χ1v) is 8.71.